The molecule has 7 nitrogen and oxygen atoms in total. The van der Waals surface area contributed by atoms with E-state index in [2.05, 4.69) is 10.6 Å². The van der Waals surface area contributed by atoms with Gasteiger partial charge in [0.05, 0.1) is 6.04 Å². The number of carbonyl (C=O) groups is 3. The molecule has 1 aliphatic heterocycles. The van der Waals surface area contributed by atoms with E-state index in [1.54, 1.807) is 0 Å². The first-order valence-electron chi connectivity index (χ1n) is 7.29. The minimum Gasteiger partial charge on any atom is -0.399 e. The van der Waals surface area contributed by atoms with Crippen molar-refractivity contribution in [3.63, 3.8) is 0 Å². The predicted octanol–water partition coefficient (Wildman–Crippen LogP) is 0.736. The molecule has 8 heteroatoms. The van der Waals surface area contributed by atoms with Gasteiger partial charge in [0.15, 0.2) is 0 Å². The number of hydrogen-bond donors (Lipinski definition) is 3. The molecule has 0 bridgehead atoms. The van der Waals surface area contributed by atoms with E-state index < -0.39 is 6.03 Å². The zero-order valence-corrected chi connectivity index (χ0v) is 13.3. The number of benzene rings is 1. The Bertz CT molecular complexity index is 650. The highest BCUT2D eigenvalue weighted by molar-refractivity contribution is 6.03. The van der Waals surface area contributed by atoms with Crippen molar-refractivity contribution in [2.24, 2.45) is 0 Å². The second kappa shape index (κ2) is 6.87. The Morgan fingerprint density at radius 2 is 2.17 bits per heavy atom. The Labute approximate surface area is 140 Å². The van der Waals surface area contributed by atoms with Gasteiger partial charge in [-0.05, 0) is 42.5 Å². The van der Waals surface area contributed by atoms with Gasteiger partial charge in [-0.3, -0.25) is 14.9 Å². The molecule has 124 valence electrons. The topological polar surface area (TPSA) is 105 Å². The fourth-order valence-corrected chi connectivity index (χ4v) is 3.01. The Hall–Kier alpha value is -2.28. The zero-order chi connectivity index (χ0) is 15.7. The molecule has 1 aromatic carbocycles. The van der Waals surface area contributed by atoms with Crippen LogP contribution >= 0.6 is 12.4 Å². The van der Waals surface area contributed by atoms with Gasteiger partial charge in [-0.25, -0.2) is 4.79 Å². The molecule has 1 atom stereocenters. The first-order valence-corrected chi connectivity index (χ1v) is 7.29. The third-order valence-electron chi connectivity index (χ3n) is 4.02. The largest absolute Gasteiger partial charge is 0.399 e. The van der Waals surface area contributed by atoms with E-state index in [1.807, 2.05) is 18.2 Å². The quantitative estimate of drug-likeness (QED) is 0.558. The van der Waals surface area contributed by atoms with Crippen molar-refractivity contribution in [3.05, 3.63) is 29.3 Å². The maximum atomic E-state index is 12.1. The zero-order valence-electron chi connectivity index (χ0n) is 12.5. The standard InChI is InChI=1S/C15H18N4O3.ClH/c16-10-4-5-11-9(6-10)2-1-3-12(11)17-13(20)7-19-8-14(21)18-15(19)22;/h4-6,12H,1-3,7-8,16H2,(H,17,20)(H,18,21,22);1H. The first kappa shape index (κ1) is 17.1. The number of halogens is 1. The van der Waals surface area contributed by atoms with Crippen LogP contribution in [0.25, 0.3) is 0 Å². The van der Waals surface area contributed by atoms with Crippen molar-refractivity contribution < 1.29 is 14.4 Å². The molecule has 2 aliphatic rings. The number of nitrogens with two attached hydrogens (primary N) is 1. The molecule has 4 amide bonds. The predicted molar refractivity (Wildman–Crippen MR) is 87.0 cm³/mol. The second-order valence-corrected chi connectivity index (χ2v) is 5.68. The van der Waals surface area contributed by atoms with Gasteiger partial charge in [0, 0.05) is 5.69 Å². The minimum atomic E-state index is -0.517. The van der Waals surface area contributed by atoms with E-state index in [0.29, 0.717) is 0 Å². The molecule has 1 heterocycles. The average Bonchev–Trinajstić information content (AvgIpc) is 2.76. The summed E-state index contributed by atoms with van der Waals surface area (Å²) in [6, 6.07) is 5.13. The van der Waals surface area contributed by atoms with Gasteiger partial charge in [-0.1, -0.05) is 6.07 Å². The summed E-state index contributed by atoms with van der Waals surface area (Å²) in [4.78, 5) is 35.9. The molecule has 1 unspecified atom stereocenters. The molecule has 0 aromatic heterocycles. The number of rotatable bonds is 3. The number of nitrogens with one attached hydrogen (secondary N) is 2. The Morgan fingerprint density at radius 1 is 1.39 bits per heavy atom. The summed E-state index contributed by atoms with van der Waals surface area (Å²) in [5.41, 5.74) is 8.75. The van der Waals surface area contributed by atoms with Gasteiger partial charge in [-0.2, -0.15) is 0 Å². The number of nitrogens with zero attached hydrogens (tertiary/aromatic N) is 1. The highest BCUT2D eigenvalue weighted by atomic mass is 35.5. The fourth-order valence-electron chi connectivity index (χ4n) is 3.01. The molecule has 3 rings (SSSR count). The normalized spacial score (nSPS) is 19.7. The van der Waals surface area contributed by atoms with E-state index in [4.69, 9.17) is 5.73 Å². The smallest absolute Gasteiger partial charge is 0.325 e. The van der Waals surface area contributed by atoms with E-state index in [-0.39, 0.29) is 43.4 Å². The van der Waals surface area contributed by atoms with Gasteiger partial charge in [0.1, 0.15) is 13.1 Å². The number of aryl methyl sites for hydroxylation is 1. The van der Waals surface area contributed by atoms with Gasteiger partial charge >= 0.3 is 6.03 Å². The Morgan fingerprint density at radius 3 is 2.87 bits per heavy atom. The summed E-state index contributed by atoms with van der Waals surface area (Å²) in [6.07, 6.45) is 2.79. The molecule has 1 aliphatic carbocycles. The van der Waals surface area contributed by atoms with Crippen LogP contribution in [0.3, 0.4) is 0 Å². The monoisotopic (exact) mass is 338 g/mol. The second-order valence-electron chi connectivity index (χ2n) is 5.68. The van der Waals surface area contributed by atoms with E-state index in [1.165, 1.54) is 4.90 Å². The molecule has 4 N–H and O–H groups in total. The SMILES string of the molecule is Cl.Nc1ccc2c(c1)CCCC2NC(=O)CN1CC(=O)NC1=O. The molecule has 1 saturated heterocycles. The van der Waals surface area contributed by atoms with Crippen molar-refractivity contribution >= 4 is 35.9 Å². The Balaban J connectivity index is 0.00000192. The summed E-state index contributed by atoms with van der Waals surface area (Å²) < 4.78 is 0. The van der Waals surface area contributed by atoms with Gasteiger partial charge < -0.3 is 16.0 Å². The number of carbonyl (C=O) groups excluding carboxylic acids is 3. The van der Waals surface area contributed by atoms with Crippen molar-refractivity contribution in [2.75, 3.05) is 18.8 Å². The third-order valence-corrected chi connectivity index (χ3v) is 4.02. The third kappa shape index (κ3) is 3.73. The number of imide groups is 1. The first-order chi connectivity index (χ1) is 10.5. The van der Waals surface area contributed by atoms with Crippen LogP contribution in [0, 0.1) is 0 Å². The van der Waals surface area contributed by atoms with Gasteiger partial charge in [-0.15, -0.1) is 12.4 Å². The van der Waals surface area contributed by atoms with Crippen LogP contribution in [0.2, 0.25) is 0 Å². The highest BCUT2D eigenvalue weighted by Gasteiger charge is 2.29. The summed E-state index contributed by atoms with van der Waals surface area (Å²) in [7, 11) is 0. The molecule has 1 aromatic rings. The lowest BCUT2D eigenvalue weighted by Gasteiger charge is -2.27. The lowest BCUT2D eigenvalue weighted by molar-refractivity contribution is -0.122. The fraction of sp³-hybridized carbons (Fsp3) is 0.400. The van der Waals surface area contributed by atoms with Crippen LogP contribution in [0.15, 0.2) is 18.2 Å². The van der Waals surface area contributed by atoms with Crippen molar-refractivity contribution in [1.82, 2.24) is 15.5 Å². The average molecular weight is 339 g/mol. The maximum Gasteiger partial charge on any atom is 0.325 e. The van der Waals surface area contributed by atoms with Crippen molar-refractivity contribution in [3.8, 4) is 0 Å². The summed E-state index contributed by atoms with van der Waals surface area (Å²) in [6.45, 7) is -0.178. The maximum absolute atomic E-state index is 12.1. The highest BCUT2D eigenvalue weighted by Crippen LogP contribution is 2.30. The summed E-state index contributed by atoms with van der Waals surface area (Å²) in [5.74, 6) is -0.643. The molecule has 0 spiro atoms. The lowest BCUT2D eigenvalue weighted by Crippen LogP contribution is -2.41. The number of amides is 4. The van der Waals surface area contributed by atoms with Crippen molar-refractivity contribution in [2.45, 2.75) is 25.3 Å². The minimum absolute atomic E-state index is 0. The molecule has 1 fully saturated rings. The number of fused-ring (bicyclic) bond motifs is 1. The van der Waals surface area contributed by atoms with Crippen LogP contribution < -0.4 is 16.4 Å². The number of anilines is 1. The summed E-state index contributed by atoms with van der Waals surface area (Å²) in [5, 5.41) is 5.10. The van der Waals surface area contributed by atoms with Crippen LogP contribution in [-0.4, -0.2) is 35.8 Å². The molecule has 0 saturated carbocycles. The summed E-state index contributed by atoms with van der Waals surface area (Å²) >= 11 is 0. The van der Waals surface area contributed by atoms with Crippen LogP contribution in [-0.2, 0) is 16.0 Å². The molecular formula is C15H19ClN4O3. The van der Waals surface area contributed by atoms with Crippen LogP contribution in [0.5, 0.6) is 0 Å². The van der Waals surface area contributed by atoms with E-state index in [9.17, 15) is 14.4 Å². The van der Waals surface area contributed by atoms with Crippen molar-refractivity contribution in [1.29, 1.82) is 0 Å². The van der Waals surface area contributed by atoms with Gasteiger partial charge in [0.25, 0.3) is 0 Å². The van der Waals surface area contributed by atoms with Crippen LogP contribution in [0.1, 0.15) is 30.0 Å². The van der Waals surface area contributed by atoms with E-state index in [0.717, 1.165) is 36.1 Å². The number of nitrogen functional groups attached to an aromatic ring is 1. The van der Waals surface area contributed by atoms with E-state index >= 15 is 0 Å². The molecule has 0 radical (unpaired) electrons. The van der Waals surface area contributed by atoms with Crippen LogP contribution in [0.4, 0.5) is 10.5 Å². The molecular weight excluding hydrogens is 320 g/mol. The number of hydrogen-bond acceptors (Lipinski definition) is 4. The van der Waals surface area contributed by atoms with Gasteiger partial charge in [0.2, 0.25) is 11.8 Å². The lowest BCUT2D eigenvalue weighted by atomic mass is 9.87. The number of urea groups is 1. The Kier molecular flexibility index (Phi) is 5.10. The molecule has 23 heavy (non-hydrogen) atoms.